The van der Waals surface area contributed by atoms with Gasteiger partial charge in [-0.25, -0.2) is 0 Å². The number of amides is 1. The van der Waals surface area contributed by atoms with Crippen LogP contribution >= 0.6 is 11.8 Å². The number of hydrogen-bond acceptors (Lipinski definition) is 3. The highest BCUT2D eigenvalue weighted by molar-refractivity contribution is 8.18. The van der Waals surface area contributed by atoms with Crippen molar-refractivity contribution in [3.63, 3.8) is 0 Å². The zero-order valence-electron chi connectivity index (χ0n) is 9.44. The van der Waals surface area contributed by atoms with Crippen molar-refractivity contribution in [3.8, 4) is 0 Å². The number of rotatable bonds is 1. The second-order valence-corrected chi connectivity index (χ2v) is 5.05. The van der Waals surface area contributed by atoms with Crippen molar-refractivity contribution in [2.75, 3.05) is 0 Å². The first-order valence-electron chi connectivity index (χ1n) is 5.51. The summed E-state index contributed by atoms with van der Waals surface area (Å²) in [7, 11) is 0. The molecule has 1 fully saturated rings. The van der Waals surface area contributed by atoms with Crippen LogP contribution in [0.15, 0.2) is 47.4 Å². The van der Waals surface area contributed by atoms with E-state index in [1.54, 1.807) is 0 Å². The Morgan fingerprint density at radius 1 is 1.11 bits per heavy atom. The molecule has 3 nitrogen and oxygen atoms in total. The molecule has 0 radical (unpaired) electrons. The molecule has 3 rings (SSSR count). The molecule has 0 bridgehead atoms. The average molecular weight is 254 g/mol. The molecule has 18 heavy (non-hydrogen) atoms. The predicted molar refractivity (Wildman–Crippen MR) is 75.4 cm³/mol. The summed E-state index contributed by atoms with van der Waals surface area (Å²) >= 11 is 1.16. The second kappa shape index (κ2) is 4.31. The Hall–Kier alpha value is -2.07. The molecular weight excluding hydrogens is 244 g/mol. The zero-order chi connectivity index (χ0) is 12.5. The summed E-state index contributed by atoms with van der Waals surface area (Å²) in [6.45, 7) is 0. The van der Waals surface area contributed by atoms with Crippen molar-refractivity contribution in [1.82, 2.24) is 5.32 Å². The summed E-state index contributed by atoms with van der Waals surface area (Å²) in [6, 6.07) is 14.1. The van der Waals surface area contributed by atoms with Crippen LogP contribution in [0, 0.1) is 5.41 Å². The van der Waals surface area contributed by atoms with Gasteiger partial charge in [-0.3, -0.25) is 10.2 Å². The molecule has 88 valence electrons. The van der Waals surface area contributed by atoms with Gasteiger partial charge in [0.05, 0.1) is 4.91 Å². The Morgan fingerprint density at radius 3 is 2.61 bits per heavy atom. The van der Waals surface area contributed by atoms with E-state index in [1.807, 2.05) is 42.5 Å². The summed E-state index contributed by atoms with van der Waals surface area (Å²) in [4.78, 5) is 12.1. The van der Waals surface area contributed by atoms with E-state index < -0.39 is 0 Å². The van der Waals surface area contributed by atoms with Crippen LogP contribution in [0.2, 0.25) is 0 Å². The number of fused-ring (bicyclic) bond motifs is 1. The smallest absolute Gasteiger partial charge is 0.264 e. The molecule has 0 atom stereocenters. The van der Waals surface area contributed by atoms with E-state index in [0.717, 1.165) is 22.7 Å². The molecule has 2 N–H and O–H groups in total. The summed E-state index contributed by atoms with van der Waals surface area (Å²) in [5.41, 5.74) is 0.973. The van der Waals surface area contributed by atoms with Gasteiger partial charge in [0.1, 0.15) is 0 Å². The SMILES string of the molecule is N=C1NC(=O)C(=Cc2ccc3ccccc3c2)S1. The maximum absolute atomic E-state index is 11.5. The Balaban J connectivity index is 2.02. The molecule has 0 unspecified atom stereocenters. The third kappa shape index (κ3) is 2.02. The number of thioether (sulfide) groups is 1. The molecule has 2 aromatic carbocycles. The summed E-state index contributed by atoms with van der Waals surface area (Å²) < 4.78 is 0. The number of hydrogen-bond donors (Lipinski definition) is 2. The minimum Gasteiger partial charge on any atom is -0.301 e. The van der Waals surface area contributed by atoms with E-state index in [4.69, 9.17) is 5.41 Å². The van der Waals surface area contributed by atoms with E-state index in [0.29, 0.717) is 4.91 Å². The van der Waals surface area contributed by atoms with E-state index in [2.05, 4.69) is 11.4 Å². The normalized spacial score (nSPS) is 17.4. The molecule has 1 aliphatic heterocycles. The van der Waals surface area contributed by atoms with Gasteiger partial charge in [0.2, 0.25) is 0 Å². The fraction of sp³-hybridized carbons (Fsp3) is 0. The van der Waals surface area contributed by atoms with Crippen LogP contribution in [0.3, 0.4) is 0 Å². The van der Waals surface area contributed by atoms with Gasteiger partial charge in [-0.15, -0.1) is 0 Å². The molecule has 0 aliphatic carbocycles. The second-order valence-electron chi connectivity index (χ2n) is 4.00. The Labute approximate surface area is 108 Å². The molecule has 1 amide bonds. The number of amidine groups is 1. The van der Waals surface area contributed by atoms with Crippen LogP contribution in [-0.4, -0.2) is 11.1 Å². The van der Waals surface area contributed by atoms with Crippen LogP contribution in [0.1, 0.15) is 5.56 Å². The summed E-state index contributed by atoms with van der Waals surface area (Å²) in [5, 5.41) is 12.4. The first kappa shape index (κ1) is 11.0. The highest BCUT2D eigenvalue weighted by atomic mass is 32.2. The molecule has 0 saturated carbocycles. The van der Waals surface area contributed by atoms with E-state index in [1.165, 1.54) is 5.39 Å². The summed E-state index contributed by atoms with van der Waals surface area (Å²) in [6.07, 6.45) is 1.81. The fourth-order valence-electron chi connectivity index (χ4n) is 1.89. The Bertz CT molecular complexity index is 691. The Morgan fingerprint density at radius 2 is 1.89 bits per heavy atom. The van der Waals surface area contributed by atoms with Crippen molar-refractivity contribution in [2.24, 2.45) is 0 Å². The first-order valence-corrected chi connectivity index (χ1v) is 6.32. The number of benzene rings is 2. The Kier molecular flexibility index (Phi) is 2.64. The van der Waals surface area contributed by atoms with Crippen molar-refractivity contribution in [3.05, 3.63) is 52.9 Å². The standard InChI is InChI=1S/C14H10N2OS/c15-14-16-13(17)12(18-14)8-9-5-6-10-3-1-2-4-11(10)7-9/h1-8H,(H2,15,16,17). The van der Waals surface area contributed by atoms with Crippen molar-refractivity contribution in [2.45, 2.75) is 0 Å². The van der Waals surface area contributed by atoms with Gasteiger partial charge < -0.3 is 5.32 Å². The van der Waals surface area contributed by atoms with E-state index >= 15 is 0 Å². The molecule has 1 heterocycles. The lowest BCUT2D eigenvalue weighted by Crippen LogP contribution is -2.18. The maximum Gasteiger partial charge on any atom is 0.264 e. The monoisotopic (exact) mass is 254 g/mol. The number of carbonyl (C=O) groups is 1. The van der Waals surface area contributed by atoms with Gasteiger partial charge in [0, 0.05) is 0 Å². The predicted octanol–water partition coefficient (Wildman–Crippen LogP) is 2.98. The van der Waals surface area contributed by atoms with Crippen LogP contribution in [0.4, 0.5) is 0 Å². The van der Waals surface area contributed by atoms with Crippen LogP contribution in [0.25, 0.3) is 16.8 Å². The van der Waals surface area contributed by atoms with Gasteiger partial charge >= 0.3 is 0 Å². The molecule has 1 saturated heterocycles. The van der Waals surface area contributed by atoms with E-state index in [-0.39, 0.29) is 11.1 Å². The third-order valence-electron chi connectivity index (χ3n) is 2.73. The molecule has 1 aliphatic rings. The lowest BCUT2D eigenvalue weighted by atomic mass is 10.1. The van der Waals surface area contributed by atoms with Crippen LogP contribution in [0.5, 0.6) is 0 Å². The van der Waals surface area contributed by atoms with Crippen molar-refractivity contribution < 1.29 is 4.79 Å². The highest BCUT2D eigenvalue weighted by Crippen LogP contribution is 2.26. The minimum atomic E-state index is -0.196. The highest BCUT2D eigenvalue weighted by Gasteiger charge is 2.21. The summed E-state index contributed by atoms with van der Waals surface area (Å²) in [5.74, 6) is -0.196. The van der Waals surface area contributed by atoms with Gasteiger partial charge in [-0.05, 0) is 40.2 Å². The minimum absolute atomic E-state index is 0.187. The van der Waals surface area contributed by atoms with Gasteiger partial charge in [0.15, 0.2) is 5.17 Å². The van der Waals surface area contributed by atoms with Gasteiger partial charge in [-0.1, -0.05) is 36.4 Å². The fourth-order valence-corrected chi connectivity index (χ4v) is 2.59. The molecule has 2 aromatic rings. The van der Waals surface area contributed by atoms with Crippen molar-refractivity contribution in [1.29, 1.82) is 5.41 Å². The zero-order valence-corrected chi connectivity index (χ0v) is 10.3. The topological polar surface area (TPSA) is 53.0 Å². The number of carbonyl (C=O) groups excluding carboxylic acids is 1. The molecule has 4 heteroatoms. The molecular formula is C14H10N2OS. The van der Waals surface area contributed by atoms with Crippen molar-refractivity contribution >= 4 is 39.7 Å². The lowest BCUT2D eigenvalue weighted by molar-refractivity contribution is -0.115. The number of nitrogens with one attached hydrogen (secondary N) is 2. The lowest BCUT2D eigenvalue weighted by Gasteiger charge is -1.99. The van der Waals surface area contributed by atoms with Crippen LogP contribution in [-0.2, 0) is 4.79 Å². The van der Waals surface area contributed by atoms with Gasteiger partial charge in [0.25, 0.3) is 5.91 Å². The maximum atomic E-state index is 11.5. The molecule has 0 spiro atoms. The quantitative estimate of drug-likeness (QED) is 0.769. The molecule has 0 aromatic heterocycles. The largest absolute Gasteiger partial charge is 0.301 e. The third-order valence-corrected chi connectivity index (χ3v) is 3.56. The first-order chi connectivity index (χ1) is 8.72. The van der Waals surface area contributed by atoms with Crippen LogP contribution < -0.4 is 5.32 Å². The van der Waals surface area contributed by atoms with Gasteiger partial charge in [-0.2, -0.15) is 0 Å². The van der Waals surface area contributed by atoms with E-state index in [9.17, 15) is 4.79 Å². The average Bonchev–Trinajstić information content (AvgIpc) is 2.68.